The van der Waals surface area contributed by atoms with E-state index in [-0.39, 0.29) is 0 Å². The van der Waals surface area contributed by atoms with Gasteiger partial charge in [-0.15, -0.1) is 0 Å². The molecule has 24 heavy (non-hydrogen) atoms. The molecule has 0 saturated carbocycles. The SMILES string of the molecule is O=C(C=Cc1cccc(C(=O)NN=Cc2ccncc2Br)c1)NO. The maximum absolute atomic E-state index is 12.1. The van der Waals surface area contributed by atoms with Crippen LogP contribution in [-0.2, 0) is 4.79 Å². The zero-order valence-electron chi connectivity index (χ0n) is 12.3. The van der Waals surface area contributed by atoms with Crippen LogP contribution in [0.1, 0.15) is 21.5 Å². The Hall–Kier alpha value is -2.84. The molecule has 0 saturated heterocycles. The summed E-state index contributed by atoms with van der Waals surface area (Å²) in [6.07, 6.45) is 7.36. The molecule has 0 aliphatic carbocycles. The number of hydrogen-bond acceptors (Lipinski definition) is 5. The van der Waals surface area contributed by atoms with Crippen molar-refractivity contribution in [1.29, 1.82) is 0 Å². The van der Waals surface area contributed by atoms with Crippen LogP contribution in [0.2, 0.25) is 0 Å². The number of hydroxylamine groups is 1. The molecule has 0 bridgehead atoms. The predicted octanol–water partition coefficient (Wildman–Crippen LogP) is 2.13. The first-order valence-electron chi connectivity index (χ1n) is 6.75. The number of carbonyl (C=O) groups excluding carboxylic acids is 2. The molecule has 3 N–H and O–H groups in total. The first-order valence-corrected chi connectivity index (χ1v) is 7.54. The van der Waals surface area contributed by atoms with E-state index in [1.807, 2.05) is 0 Å². The Bertz CT molecular complexity index is 805. The fourth-order valence-electron chi connectivity index (χ4n) is 1.71. The number of rotatable bonds is 5. The molecular formula is C16H13BrN4O3. The third kappa shape index (κ3) is 5.11. The fraction of sp³-hybridized carbons (Fsp3) is 0. The molecule has 0 atom stereocenters. The second-order valence-electron chi connectivity index (χ2n) is 4.53. The van der Waals surface area contributed by atoms with Gasteiger partial charge in [0.05, 0.1) is 6.21 Å². The summed E-state index contributed by atoms with van der Waals surface area (Å²) in [6, 6.07) is 8.35. The summed E-state index contributed by atoms with van der Waals surface area (Å²) >= 11 is 3.33. The molecule has 0 fully saturated rings. The molecule has 1 heterocycles. The van der Waals surface area contributed by atoms with E-state index in [1.165, 1.54) is 17.8 Å². The highest BCUT2D eigenvalue weighted by atomic mass is 79.9. The van der Waals surface area contributed by atoms with E-state index in [2.05, 4.69) is 31.4 Å². The number of nitrogens with zero attached hydrogens (tertiary/aromatic N) is 2. The lowest BCUT2D eigenvalue weighted by Gasteiger charge is -2.02. The number of amides is 2. The average Bonchev–Trinajstić information content (AvgIpc) is 2.61. The topological polar surface area (TPSA) is 104 Å². The van der Waals surface area contributed by atoms with Gasteiger partial charge < -0.3 is 0 Å². The number of nitrogens with one attached hydrogen (secondary N) is 2. The molecule has 0 aliphatic heterocycles. The summed E-state index contributed by atoms with van der Waals surface area (Å²) in [5.41, 5.74) is 5.70. The minimum absolute atomic E-state index is 0.382. The molecule has 122 valence electrons. The van der Waals surface area contributed by atoms with Gasteiger partial charge >= 0.3 is 0 Å². The van der Waals surface area contributed by atoms with Crippen LogP contribution in [0.25, 0.3) is 6.08 Å². The lowest BCUT2D eigenvalue weighted by molar-refractivity contribution is -0.124. The van der Waals surface area contributed by atoms with Crippen LogP contribution in [0.3, 0.4) is 0 Å². The summed E-state index contributed by atoms with van der Waals surface area (Å²) in [5, 5.41) is 12.3. The number of pyridine rings is 1. The van der Waals surface area contributed by atoms with E-state index < -0.39 is 11.8 Å². The highest BCUT2D eigenvalue weighted by molar-refractivity contribution is 9.10. The standard InChI is InChI=1S/C16H13BrN4O3/c17-14-10-18-7-6-13(14)9-19-20-16(23)12-3-1-2-11(8-12)4-5-15(22)21-24/h1-10,24H,(H,20,23)(H,21,22). The molecule has 1 aromatic carbocycles. The highest BCUT2D eigenvalue weighted by Crippen LogP contribution is 2.11. The van der Waals surface area contributed by atoms with Crippen molar-refractivity contribution in [3.05, 3.63) is 70.0 Å². The van der Waals surface area contributed by atoms with E-state index in [9.17, 15) is 9.59 Å². The van der Waals surface area contributed by atoms with Crippen LogP contribution in [0, 0.1) is 0 Å². The van der Waals surface area contributed by atoms with Crippen molar-refractivity contribution < 1.29 is 14.8 Å². The smallest absolute Gasteiger partial charge is 0.271 e. The number of carbonyl (C=O) groups is 2. The van der Waals surface area contributed by atoms with Gasteiger partial charge in [0.15, 0.2) is 0 Å². The molecule has 1 aromatic heterocycles. The Morgan fingerprint density at radius 2 is 2.12 bits per heavy atom. The van der Waals surface area contributed by atoms with Crippen molar-refractivity contribution in [3.8, 4) is 0 Å². The lowest BCUT2D eigenvalue weighted by Crippen LogP contribution is -2.17. The molecule has 7 nitrogen and oxygen atoms in total. The minimum Gasteiger partial charge on any atom is -0.288 e. The van der Waals surface area contributed by atoms with Crippen molar-refractivity contribution in [2.24, 2.45) is 5.10 Å². The van der Waals surface area contributed by atoms with Gasteiger partial charge in [-0.05, 0) is 45.8 Å². The molecule has 0 spiro atoms. The van der Waals surface area contributed by atoms with E-state index in [1.54, 1.807) is 42.7 Å². The fourth-order valence-corrected chi connectivity index (χ4v) is 2.06. The third-order valence-corrected chi connectivity index (χ3v) is 3.52. The van der Waals surface area contributed by atoms with Crippen LogP contribution in [-0.4, -0.2) is 28.2 Å². The van der Waals surface area contributed by atoms with Crippen LogP contribution in [0.4, 0.5) is 0 Å². The van der Waals surface area contributed by atoms with E-state index in [0.717, 1.165) is 16.1 Å². The number of aromatic nitrogens is 1. The molecule has 2 aromatic rings. The molecule has 2 rings (SSSR count). The number of benzene rings is 1. The first kappa shape index (κ1) is 17.5. The summed E-state index contributed by atoms with van der Waals surface area (Å²) in [4.78, 5) is 27.0. The number of hydrazone groups is 1. The van der Waals surface area contributed by atoms with Crippen molar-refractivity contribution in [1.82, 2.24) is 15.9 Å². The Labute approximate surface area is 146 Å². The van der Waals surface area contributed by atoms with Gasteiger partial charge in [-0.25, -0.2) is 10.9 Å². The lowest BCUT2D eigenvalue weighted by atomic mass is 10.1. The minimum atomic E-state index is -0.655. The quantitative estimate of drug-likeness (QED) is 0.315. The van der Waals surface area contributed by atoms with E-state index >= 15 is 0 Å². The molecule has 8 heteroatoms. The molecular weight excluding hydrogens is 376 g/mol. The number of hydrogen-bond donors (Lipinski definition) is 3. The van der Waals surface area contributed by atoms with Crippen molar-refractivity contribution in [2.75, 3.05) is 0 Å². The zero-order chi connectivity index (χ0) is 17.4. The van der Waals surface area contributed by atoms with Gasteiger partial charge in [0.2, 0.25) is 0 Å². The average molecular weight is 389 g/mol. The summed E-state index contributed by atoms with van der Waals surface area (Å²) < 4.78 is 0.761. The van der Waals surface area contributed by atoms with Crippen molar-refractivity contribution in [3.63, 3.8) is 0 Å². The summed E-state index contributed by atoms with van der Waals surface area (Å²) in [7, 11) is 0. The van der Waals surface area contributed by atoms with Gasteiger partial charge in [0, 0.05) is 34.1 Å². The molecule has 0 aliphatic rings. The van der Waals surface area contributed by atoms with E-state index in [0.29, 0.717) is 11.1 Å². The molecule has 2 amide bonds. The normalized spacial score (nSPS) is 10.9. The van der Waals surface area contributed by atoms with Crippen LogP contribution < -0.4 is 10.9 Å². The van der Waals surface area contributed by atoms with Gasteiger partial charge in [-0.2, -0.15) is 5.10 Å². The Kier molecular flexibility index (Phi) is 6.35. The van der Waals surface area contributed by atoms with E-state index in [4.69, 9.17) is 5.21 Å². The summed E-state index contributed by atoms with van der Waals surface area (Å²) in [5.74, 6) is -1.05. The summed E-state index contributed by atoms with van der Waals surface area (Å²) in [6.45, 7) is 0. The van der Waals surface area contributed by atoms with Crippen LogP contribution in [0.15, 0.2) is 58.4 Å². The maximum Gasteiger partial charge on any atom is 0.271 e. The van der Waals surface area contributed by atoms with Gasteiger partial charge in [-0.1, -0.05) is 12.1 Å². The largest absolute Gasteiger partial charge is 0.288 e. The Morgan fingerprint density at radius 1 is 1.29 bits per heavy atom. The van der Waals surface area contributed by atoms with Gasteiger partial charge in [-0.3, -0.25) is 19.8 Å². The highest BCUT2D eigenvalue weighted by Gasteiger charge is 2.04. The number of halogens is 1. The Morgan fingerprint density at radius 3 is 2.88 bits per heavy atom. The van der Waals surface area contributed by atoms with Gasteiger partial charge in [0.25, 0.3) is 11.8 Å². The maximum atomic E-state index is 12.1. The van der Waals surface area contributed by atoms with Crippen molar-refractivity contribution >= 4 is 40.0 Å². The first-order chi connectivity index (χ1) is 11.6. The predicted molar refractivity (Wildman–Crippen MR) is 92.4 cm³/mol. The second-order valence-corrected chi connectivity index (χ2v) is 5.39. The monoisotopic (exact) mass is 388 g/mol. The van der Waals surface area contributed by atoms with Crippen molar-refractivity contribution in [2.45, 2.75) is 0 Å². The van der Waals surface area contributed by atoms with Gasteiger partial charge in [0.1, 0.15) is 0 Å². The second kappa shape index (κ2) is 8.70. The third-order valence-electron chi connectivity index (χ3n) is 2.86. The zero-order valence-corrected chi connectivity index (χ0v) is 13.9. The molecule has 0 unspecified atom stereocenters. The van der Waals surface area contributed by atoms with Crippen LogP contribution in [0.5, 0.6) is 0 Å². The Balaban J connectivity index is 2.03. The molecule has 0 radical (unpaired) electrons. The van der Waals surface area contributed by atoms with Crippen LogP contribution >= 0.6 is 15.9 Å².